The lowest BCUT2D eigenvalue weighted by molar-refractivity contribution is -0.144. The van der Waals surface area contributed by atoms with Crippen LogP contribution in [0.2, 0.25) is 0 Å². The van der Waals surface area contributed by atoms with Crippen molar-refractivity contribution in [2.75, 3.05) is 26.8 Å². The molecule has 216 valence electrons. The van der Waals surface area contributed by atoms with Crippen LogP contribution in [0, 0.1) is 5.92 Å². The van der Waals surface area contributed by atoms with Gasteiger partial charge in [-0.15, -0.1) is 0 Å². The number of nitrogens with two attached hydrogens (primary N) is 1. The van der Waals surface area contributed by atoms with E-state index in [0.29, 0.717) is 25.4 Å². The second-order valence-electron chi connectivity index (χ2n) is 10.5. The fraction of sp³-hybridized carbons (Fsp3) is 0.382. The van der Waals surface area contributed by atoms with E-state index in [4.69, 9.17) is 15.2 Å². The van der Waals surface area contributed by atoms with E-state index in [1.165, 1.54) is 12.7 Å². The number of hydrogen-bond acceptors (Lipinski definition) is 5. The summed E-state index contributed by atoms with van der Waals surface area (Å²) < 4.78 is 11.0. The number of esters is 1. The molecule has 1 heterocycles. The van der Waals surface area contributed by atoms with Gasteiger partial charge in [0.25, 0.3) is 0 Å². The predicted molar refractivity (Wildman–Crippen MR) is 163 cm³/mol. The molecule has 1 amide bonds. The lowest BCUT2D eigenvalue weighted by Crippen LogP contribution is -2.38. The van der Waals surface area contributed by atoms with Crippen LogP contribution in [-0.4, -0.2) is 55.5 Å². The zero-order valence-electron chi connectivity index (χ0n) is 24.1. The molecule has 1 fully saturated rings. The zero-order chi connectivity index (χ0) is 29.0. The fourth-order valence-electron chi connectivity index (χ4n) is 5.19. The molecule has 3 aromatic carbocycles. The van der Waals surface area contributed by atoms with Crippen LogP contribution in [0.1, 0.15) is 50.2 Å². The molecule has 1 aliphatic heterocycles. The molecule has 0 radical (unpaired) electrons. The molecule has 2 N–H and O–H groups in total. The number of aryl methyl sites for hydroxylation is 1. The smallest absolute Gasteiger partial charge is 0.306 e. The molecule has 1 saturated heterocycles. The number of carbonyl (C=O) groups excluding carboxylic acids is 2. The largest absolute Gasteiger partial charge is 0.491 e. The van der Waals surface area contributed by atoms with Crippen LogP contribution in [0.3, 0.4) is 0 Å². The highest BCUT2D eigenvalue weighted by atomic mass is 16.5. The average molecular weight is 556 g/mol. The molecule has 1 aliphatic rings. The van der Waals surface area contributed by atoms with E-state index in [9.17, 15) is 9.59 Å². The van der Waals surface area contributed by atoms with Crippen molar-refractivity contribution in [2.24, 2.45) is 16.6 Å². The molecule has 0 aliphatic carbocycles. The molecule has 0 spiro atoms. The zero-order valence-corrected chi connectivity index (χ0v) is 24.1. The summed E-state index contributed by atoms with van der Waals surface area (Å²) in [7, 11) is 1.36. The number of nitrogens with zero attached hydrogens (tertiary/aromatic N) is 2. The minimum Gasteiger partial charge on any atom is -0.491 e. The number of likely N-dealkylation sites (tertiary alicyclic amines) is 1. The van der Waals surface area contributed by atoms with E-state index < -0.39 is 0 Å². The molecule has 0 unspecified atom stereocenters. The molecule has 4 rings (SSSR count). The first-order valence-corrected chi connectivity index (χ1v) is 14.5. The number of unbranched alkanes of at least 4 members (excludes halogenated alkanes) is 1. The first kappa shape index (κ1) is 29.8. The van der Waals surface area contributed by atoms with Gasteiger partial charge in [0.15, 0.2) is 0 Å². The monoisotopic (exact) mass is 555 g/mol. The van der Waals surface area contributed by atoms with E-state index in [1.54, 1.807) is 0 Å². The van der Waals surface area contributed by atoms with Crippen LogP contribution >= 0.6 is 0 Å². The van der Waals surface area contributed by atoms with Gasteiger partial charge in [0.2, 0.25) is 5.91 Å². The average Bonchev–Trinajstić information content (AvgIpc) is 3.30. The van der Waals surface area contributed by atoms with Crippen molar-refractivity contribution >= 4 is 17.7 Å². The van der Waals surface area contributed by atoms with Gasteiger partial charge in [-0.25, -0.2) is 0 Å². The number of amidine groups is 1. The Morgan fingerprint density at radius 2 is 1.66 bits per heavy atom. The van der Waals surface area contributed by atoms with Crippen LogP contribution in [0.15, 0.2) is 83.9 Å². The highest BCUT2D eigenvalue weighted by Crippen LogP contribution is 2.29. The molecule has 41 heavy (non-hydrogen) atoms. The highest BCUT2D eigenvalue weighted by Gasteiger charge is 2.40. The van der Waals surface area contributed by atoms with Crippen LogP contribution in [0.4, 0.5) is 0 Å². The number of hydrogen-bond donors (Lipinski definition) is 1. The third-order valence-electron chi connectivity index (χ3n) is 7.58. The molecule has 2 atom stereocenters. The highest BCUT2D eigenvalue weighted by molar-refractivity contribution is 5.97. The molecule has 7 nitrogen and oxygen atoms in total. The van der Waals surface area contributed by atoms with Crippen LogP contribution < -0.4 is 10.5 Å². The Morgan fingerprint density at radius 1 is 0.976 bits per heavy atom. The van der Waals surface area contributed by atoms with E-state index in [2.05, 4.69) is 24.0 Å². The quantitative estimate of drug-likeness (QED) is 0.120. The molecule has 0 bridgehead atoms. The molecular weight excluding hydrogens is 514 g/mol. The minimum absolute atomic E-state index is 0.00639. The van der Waals surface area contributed by atoms with Crippen molar-refractivity contribution in [2.45, 2.75) is 51.5 Å². The predicted octanol–water partition coefficient (Wildman–Crippen LogP) is 5.65. The topological polar surface area (TPSA) is 94.2 Å². The van der Waals surface area contributed by atoms with Gasteiger partial charge in [0.05, 0.1) is 25.5 Å². The Hall–Kier alpha value is -4.13. The number of carbonyl (C=O) groups is 2. The molecule has 0 aromatic heterocycles. The third-order valence-corrected chi connectivity index (χ3v) is 7.58. The lowest BCUT2D eigenvalue weighted by atomic mass is 10.0. The number of amides is 1. The normalized spacial score (nSPS) is 17.1. The molecular formula is C34H41N3O4. The first-order valence-electron chi connectivity index (χ1n) is 14.5. The van der Waals surface area contributed by atoms with Crippen molar-refractivity contribution in [3.05, 3.63) is 90.0 Å². The van der Waals surface area contributed by atoms with Crippen molar-refractivity contribution in [3.63, 3.8) is 0 Å². The van der Waals surface area contributed by atoms with Crippen LogP contribution in [0.5, 0.6) is 5.75 Å². The van der Waals surface area contributed by atoms with Gasteiger partial charge >= 0.3 is 5.97 Å². The van der Waals surface area contributed by atoms with E-state index >= 15 is 0 Å². The Bertz CT molecular complexity index is 1290. The Labute approximate surface area is 243 Å². The van der Waals surface area contributed by atoms with Gasteiger partial charge in [-0.2, -0.15) is 0 Å². The Balaban J connectivity index is 1.36. The summed E-state index contributed by atoms with van der Waals surface area (Å²) in [6, 6.07) is 26.2. The number of rotatable bonds is 14. The van der Waals surface area contributed by atoms with Crippen LogP contribution in [-0.2, 0) is 20.7 Å². The van der Waals surface area contributed by atoms with Gasteiger partial charge in [0.1, 0.15) is 18.2 Å². The van der Waals surface area contributed by atoms with E-state index in [1.807, 2.05) is 71.6 Å². The van der Waals surface area contributed by atoms with E-state index in [0.717, 1.165) is 54.7 Å². The van der Waals surface area contributed by atoms with Gasteiger partial charge in [-0.1, -0.05) is 80.1 Å². The summed E-state index contributed by atoms with van der Waals surface area (Å²) in [5.41, 5.74) is 10.5. The maximum absolute atomic E-state index is 13.2. The number of ether oxygens (including phenoxy) is 2. The summed E-state index contributed by atoms with van der Waals surface area (Å²) in [4.78, 5) is 31.5. The second kappa shape index (κ2) is 15.0. The summed E-state index contributed by atoms with van der Waals surface area (Å²) in [6.07, 6.45) is 4.54. The Kier molecular flexibility index (Phi) is 10.9. The van der Waals surface area contributed by atoms with Crippen LogP contribution in [0.25, 0.3) is 11.1 Å². The maximum atomic E-state index is 13.2. The molecule has 0 saturated carbocycles. The maximum Gasteiger partial charge on any atom is 0.306 e. The standard InChI is InChI=1S/C34H41N3O4/c1-3-4-20-36-33(35)28-14-12-26(13-15-28)27-16-18-31(19-17-27)41-24-30-22-29(23-32(38)40-2)34(39)37(30)21-8-11-25-9-6-5-7-10-25/h5-7,9-10,12-19,29-30H,3-4,8,11,20-24H2,1-2H3,(H2,35,36)/t29-,30-/m0/s1. The third kappa shape index (κ3) is 8.43. The second-order valence-corrected chi connectivity index (χ2v) is 10.5. The summed E-state index contributed by atoms with van der Waals surface area (Å²) >= 11 is 0. The lowest BCUT2D eigenvalue weighted by Gasteiger charge is -2.25. The van der Waals surface area contributed by atoms with Gasteiger partial charge < -0.3 is 20.1 Å². The van der Waals surface area contributed by atoms with Crippen molar-refractivity contribution in [1.82, 2.24) is 4.90 Å². The molecule has 7 heteroatoms. The van der Waals surface area contributed by atoms with Gasteiger partial charge in [0, 0.05) is 18.7 Å². The first-order chi connectivity index (χ1) is 20.0. The van der Waals surface area contributed by atoms with Crippen molar-refractivity contribution in [3.8, 4) is 16.9 Å². The summed E-state index contributed by atoms with van der Waals surface area (Å²) in [5.74, 6) is 0.591. The molecule has 3 aromatic rings. The fourth-order valence-corrected chi connectivity index (χ4v) is 5.19. The van der Waals surface area contributed by atoms with Crippen molar-refractivity contribution < 1.29 is 19.1 Å². The number of methoxy groups -OCH3 is 1. The number of benzene rings is 3. The summed E-state index contributed by atoms with van der Waals surface area (Å²) in [6.45, 7) is 3.89. The minimum atomic E-state index is -0.371. The van der Waals surface area contributed by atoms with Gasteiger partial charge in [-0.3, -0.25) is 14.6 Å². The summed E-state index contributed by atoms with van der Waals surface area (Å²) in [5, 5.41) is 0. The SMILES string of the molecule is CCCCN=C(N)c1ccc(-c2ccc(OC[C@@H]3C[C@@H](CC(=O)OC)C(=O)N3CCCc3ccccc3)cc2)cc1. The van der Waals surface area contributed by atoms with Gasteiger partial charge in [-0.05, 0) is 54.5 Å². The van der Waals surface area contributed by atoms with E-state index in [-0.39, 0.29) is 30.3 Å². The number of aliphatic imine (C=N–C) groups is 1. The van der Waals surface area contributed by atoms with Crippen molar-refractivity contribution in [1.29, 1.82) is 0 Å². The Morgan fingerprint density at radius 3 is 2.32 bits per heavy atom.